The molecule has 2 atom stereocenters. The fraction of sp³-hybridized carbons (Fsp3) is 0.625. The molecule has 2 unspecified atom stereocenters. The first-order valence-corrected chi connectivity index (χ1v) is 8.60. The zero-order chi connectivity index (χ0) is 14.6. The van der Waals surface area contributed by atoms with Crippen molar-refractivity contribution in [3.63, 3.8) is 0 Å². The summed E-state index contributed by atoms with van der Waals surface area (Å²) in [6, 6.07) is 3.99. The molecule has 4 fully saturated rings. The quantitative estimate of drug-likeness (QED) is 0.898. The molecule has 4 aliphatic rings. The Balaban J connectivity index is 1.54. The van der Waals surface area contributed by atoms with Gasteiger partial charge in [-0.1, -0.05) is 6.07 Å². The second-order valence-electron chi connectivity index (χ2n) is 7.09. The van der Waals surface area contributed by atoms with Crippen molar-refractivity contribution in [3.05, 3.63) is 22.4 Å². The van der Waals surface area contributed by atoms with Crippen molar-refractivity contribution in [2.45, 2.75) is 38.1 Å². The van der Waals surface area contributed by atoms with E-state index in [-0.39, 0.29) is 23.3 Å². The second kappa shape index (κ2) is 4.57. The molecule has 0 aromatic carbocycles. The van der Waals surface area contributed by atoms with Gasteiger partial charge in [0.25, 0.3) is 5.91 Å². The number of carbonyl (C=O) groups excluding carboxylic acids is 2. The molecule has 4 bridgehead atoms. The van der Waals surface area contributed by atoms with Crippen LogP contribution in [0, 0.1) is 23.2 Å². The summed E-state index contributed by atoms with van der Waals surface area (Å²) in [6.07, 6.45) is 4.98. The minimum Gasteiger partial charge on any atom is -0.369 e. The van der Waals surface area contributed by atoms with Crippen LogP contribution in [0.25, 0.3) is 0 Å². The van der Waals surface area contributed by atoms with E-state index in [0.29, 0.717) is 17.8 Å². The summed E-state index contributed by atoms with van der Waals surface area (Å²) in [5.74, 6) is 1.39. The third-order valence-corrected chi connectivity index (χ3v) is 6.71. The van der Waals surface area contributed by atoms with Crippen molar-refractivity contribution in [2.24, 2.45) is 28.9 Å². The highest BCUT2D eigenvalue weighted by molar-refractivity contribution is 7.12. The summed E-state index contributed by atoms with van der Waals surface area (Å²) in [5, 5.41) is 5.16. The lowest BCUT2D eigenvalue weighted by molar-refractivity contribution is -0.145. The highest BCUT2D eigenvalue weighted by Crippen LogP contribution is 2.59. The molecule has 5 rings (SSSR count). The largest absolute Gasteiger partial charge is 0.369 e. The molecule has 5 heteroatoms. The van der Waals surface area contributed by atoms with Gasteiger partial charge in [-0.3, -0.25) is 9.59 Å². The molecule has 0 aliphatic heterocycles. The van der Waals surface area contributed by atoms with Gasteiger partial charge < -0.3 is 11.1 Å². The number of hydrogen-bond donors (Lipinski definition) is 2. The lowest BCUT2D eigenvalue weighted by atomic mass is 9.47. The van der Waals surface area contributed by atoms with E-state index in [0.717, 1.165) is 37.0 Å². The van der Waals surface area contributed by atoms with Crippen molar-refractivity contribution < 1.29 is 9.59 Å². The molecule has 112 valence electrons. The normalized spacial score (nSPS) is 40.2. The van der Waals surface area contributed by atoms with Gasteiger partial charge in [0.15, 0.2) is 0 Å². The zero-order valence-corrected chi connectivity index (χ0v) is 12.7. The fourth-order valence-corrected chi connectivity index (χ4v) is 5.82. The predicted octanol–water partition coefficient (Wildman–Crippen LogP) is 2.16. The Morgan fingerprint density at radius 3 is 2.52 bits per heavy atom. The maximum Gasteiger partial charge on any atom is 0.261 e. The molecule has 4 saturated carbocycles. The first kappa shape index (κ1) is 13.3. The Bertz CT molecular complexity index is 567. The summed E-state index contributed by atoms with van der Waals surface area (Å²) in [7, 11) is 0. The van der Waals surface area contributed by atoms with E-state index in [2.05, 4.69) is 5.32 Å². The third-order valence-electron chi connectivity index (χ3n) is 5.84. The minimum atomic E-state index is -0.277. The molecular weight excluding hydrogens is 284 g/mol. The van der Waals surface area contributed by atoms with E-state index < -0.39 is 0 Å². The monoisotopic (exact) mass is 304 g/mol. The van der Waals surface area contributed by atoms with Crippen LogP contribution in [0.2, 0.25) is 0 Å². The Morgan fingerprint density at radius 2 is 1.95 bits per heavy atom. The van der Waals surface area contributed by atoms with Gasteiger partial charge in [-0.2, -0.15) is 0 Å². The Kier molecular flexibility index (Phi) is 2.89. The fourth-order valence-electron chi connectivity index (χ4n) is 5.19. The van der Waals surface area contributed by atoms with Gasteiger partial charge >= 0.3 is 0 Å². The number of carbonyl (C=O) groups is 2. The molecule has 0 spiro atoms. The average Bonchev–Trinajstić information content (AvgIpc) is 2.96. The van der Waals surface area contributed by atoms with Crippen LogP contribution >= 0.6 is 11.3 Å². The molecule has 21 heavy (non-hydrogen) atoms. The number of primary amides is 1. The van der Waals surface area contributed by atoms with Gasteiger partial charge in [0.05, 0.1) is 4.88 Å². The van der Waals surface area contributed by atoms with Crippen LogP contribution < -0.4 is 11.1 Å². The van der Waals surface area contributed by atoms with Crippen LogP contribution in [0.1, 0.15) is 41.8 Å². The molecule has 3 N–H and O–H groups in total. The molecule has 1 heterocycles. The van der Waals surface area contributed by atoms with E-state index in [1.165, 1.54) is 11.3 Å². The maximum atomic E-state index is 12.3. The highest BCUT2D eigenvalue weighted by Gasteiger charge is 2.58. The topological polar surface area (TPSA) is 72.2 Å². The Hall–Kier alpha value is -1.36. The standard InChI is InChI=1S/C16H20N2O2S/c17-15(20)16-6-9-4-10(7-16)13(11(5-9)8-16)18-14(19)12-2-1-3-21-12/h1-3,9-11,13H,4-8H2,(H2,17,20)(H,18,19)/t9?,10?,11?,13-,16-. The van der Waals surface area contributed by atoms with E-state index >= 15 is 0 Å². The van der Waals surface area contributed by atoms with Crippen LogP contribution in [-0.4, -0.2) is 17.9 Å². The van der Waals surface area contributed by atoms with E-state index in [1.807, 2.05) is 17.5 Å². The SMILES string of the molecule is NC(=O)[C@]12CC3CC(C1)[C@@H](NC(=O)c1cccs1)C(C3)C2. The van der Waals surface area contributed by atoms with Gasteiger partial charge in [0, 0.05) is 11.5 Å². The van der Waals surface area contributed by atoms with Crippen LogP contribution in [-0.2, 0) is 4.79 Å². The van der Waals surface area contributed by atoms with Gasteiger partial charge in [-0.25, -0.2) is 0 Å². The predicted molar refractivity (Wildman–Crippen MR) is 80.8 cm³/mol. The molecule has 4 nitrogen and oxygen atoms in total. The van der Waals surface area contributed by atoms with Gasteiger partial charge in [-0.15, -0.1) is 11.3 Å². The van der Waals surface area contributed by atoms with Gasteiger partial charge in [-0.05, 0) is 61.3 Å². The van der Waals surface area contributed by atoms with Crippen LogP contribution in [0.4, 0.5) is 0 Å². The second-order valence-corrected chi connectivity index (χ2v) is 8.04. The van der Waals surface area contributed by atoms with Crippen LogP contribution in [0.3, 0.4) is 0 Å². The van der Waals surface area contributed by atoms with E-state index in [1.54, 1.807) is 0 Å². The lowest BCUT2D eigenvalue weighted by Crippen LogP contribution is -2.62. The van der Waals surface area contributed by atoms with Crippen molar-refractivity contribution in [2.75, 3.05) is 0 Å². The van der Waals surface area contributed by atoms with Gasteiger partial charge in [0.2, 0.25) is 5.91 Å². The average molecular weight is 304 g/mol. The summed E-state index contributed by atoms with van der Waals surface area (Å²) in [6.45, 7) is 0. The Labute approximate surface area is 128 Å². The van der Waals surface area contributed by atoms with E-state index in [9.17, 15) is 9.59 Å². The number of nitrogens with one attached hydrogen (secondary N) is 1. The molecule has 0 radical (unpaired) electrons. The maximum absolute atomic E-state index is 12.3. The van der Waals surface area contributed by atoms with Crippen molar-refractivity contribution >= 4 is 23.2 Å². The number of hydrogen-bond acceptors (Lipinski definition) is 3. The number of nitrogens with two attached hydrogens (primary N) is 1. The lowest BCUT2D eigenvalue weighted by Gasteiger charge is -2.58. The molecular formula is C16H20N2O2S. The molecule has 2 amide bonds. The minimum absolute atomic E-state index is 0.0376. The van der Waals surface area contributed by atoms with E-state index in [4.69, 9.17) is 5.73 Å². The van der Waals surface area contributed by atoms with Crippen molar-refractivity contribution in [3.8, 4) is 0 Å². The van der Waals surface area contributed by atoms with Crippen LogP contribution in [0.5, 0.6) is 0 Å². The summed E-state index contributed by atoms with van der Waals surface area (Å²) in [5.41, 5.74) is 5.41. The highest BCUT2D eigenvalue weighted by atomic mass is 32.1. The first-order valence-electron chi connectivity index (χ1n) is 7.72. The molecule has 4 aliphatic carbocycles. The zero-order valence-electron chi connectivity index (χ0n) is 11.9. The number of rotatable bonds is 3. The molecule has 1 aromatic rings. The van der Waals surface area contributed by atoms with Crippen molar-refractivity contribution in [1.29, 1.82) is 0 Å². The third kappa shape index (κ3) is 2.01. The van der Waals surface area contributed by atoms with Gasteiger partial charge in [0.1, 0.15) is 0 Å². The summed E-state index contributed by atoms with van der Waals surface area (Å²) >= 11 is 1.47. The van der Waals surface area contributed by atoms with Crippen molar-refractivity contribution in [1.82, 2.24) is 5.32 Å². The number of amides is 2. The number of thiophene rings is 1. The molecule has 0 saturated heterocycles. The van der Waals surface area contributed by atoms with Crippen LogP contribution in [0.15, 0.2) is 17.5 Å². The Morgan fingerprint density at radius 1 is 1.24 bits per heavy atom. The summed E-state index contributed by atoms with van der Waals surface area (Å²) in [4.78, 5) is 25.0. The molecule has 1 aromatic heterocycles. The smallest absolute Gasteiger partial charge is 0.261 e. The first-order chi connectivity index (χ1) is 10.1. The summed E-state index contributed by atoms with van der Waals surface area (Å²) < 4.78 is 0.